The van der Waals surface area contributed by atoms with Crippen molar-refractivity contribution in [2.24, 2.45) is 0 Å². The molecule has 6 nitrogen and oxygen atoms in total. The smallest absolute Gasteiger partial charge is 0.335 e. The van der Waals surface area contributed by atoms with Gasteiger partial charge in [-0.25, -0.2) is 4.79 Å². The van der Waals surface area contributed by atoms with E-state index in [9.17, 15) is 9.59 Å². The molecule has 28 heavy (non-hydrogen) atoms. The van der Waals surface area contributed by atoms with Gasteiger partial charge in [0.25, 0.3) is 5.91 Å². The van der Waals surface area contributed by atoms with E-state index in [4.69, 9.17) is 52.1 Å². The standard InChI is InChI=1S/C17H13BrCl3N3O3S/c18-11-3-1-2-10(8-11)13(25)23-15(17(19,20)21)24-16(28)22-12-6-4-9(5-7-12)14(26)27/h1-8,15H,(H,23,25)(H,26,27)(H2,22,24,28)/t15-/m0/s1. The summed E-state index contributed by atoms with van der Waals surface area (Å²) in [7, 11) is 0. The fourth-order valence-electron chi connectivity index (χ4n) is 2.04. The van der Waals surface area contributed by atoms with Crippen LogP contribution in [-0.2, 0) is 0 Å². The van der Waals surface area contributed by atoms with E-state index in [0.29, 0.717) is 11.3 Å². The number of carboxylic acid groups (broad SMARTS) is 1. The molecule has 2 aromatic carbocycles. The van der Waals surface area contributed by atoms with Crippen molar-refractivity contribution in [2.75, 3.05) is 5.32 Å². The van der Waals surface area contributed by atoms with Crippen LogP contribution in [0.5, 0.6) is 0 Å². The Morgan fingerprint density at radius 2 is 1.68 bits per heavy atom. The molecule has 0 saturated carbocycles. The lowest BCUT2D eigenvalue weighted by molar-refractivity contribution is 0.0696. The van der Waals surface area contributed by atoms with Crippen LogP contribution in [0, 0.1) is 0 Å². The maximum Gasteiger partial charge on any atom is 0.335 e. The van der Waals surface area contributed by atoms with Gasteiger partial charge < -0.3 is 21.1 Å². The Bertz CT molecular complexity index is 891. The maximum absolute atomic E-state index is 12.4. The number of anilines is 1. The number of alkyl halides is 3. The molecule has 0 aliphatic carbocycles. The highest BCUT2D eigenvalue weighted by atomic mass is 79.9. The van der Waals surface area contributed by atoms with Gasteiger partial charge in [-0.2, -0.15) is 0 Å². The Hall–Kier alpha value is -1.58. The molecule has 0 saturated heterocycles. The number of carbonyl (C=O) groups is 2. The van der Waals surface area contributed by atoms with Gasteiger partial charge in [-0.05, 0) is 54.7 Å². The number of carbonyl (C=O) groups excluding carboxylic acids is 1. The fraction of sp³-hybridized carbons (Fsp3) is 0.118. The van der Waals surface area contributed by atoms with E-state index >= 15 is 0 Å². The van der Waals surface area contributed by atoms with Gasteiger partial charge in [-0.1, -0.05) is 56.8 Å². The Balaban J connectivity index is 2.06. The average molecular weight is 526 g/mol. The molecule has 0 radical (unpaired) electrons. The summed E-state index contributed by atoms with van der Waals surface area (Å²) in [5, 5.41) is 17.1. The molecular formula is C17H13BrCl3N3O3S. The Labute approximate surface area is 189 Å². The first-order valence-electron chi connectivity index (χ1n) is 7.60. The van der Waals surface area contributed by atoms with Crippen molar-refractivity contribution in [2.45, 2.75) is 9.96 Å². The van der Waals surface area contributed by atoms with Crippen LogP contribution in [0.25, 0.3) is 0 Å². The molecule has 0 aliphatic heterocycles. The van der Waals surface area contributed by atoms with Gasteiger partial charge in [-0.3, -0.25) is 4.79 Å². The third-order valence-corrected chi connectivity index (χ3v) is 4.72. The number of benzene rings is 2. The summed E-state index contributed by atoms with van der Waals surface area (Å²) in [6, 6.07) is 12.6. The van der Waals surface area contributed by atoms with Gasteiger partial charge in [0.1, 0.15) is 6.17 Å². The average Bonchev–Trinajstić information content (AvgIpc) is 2.60. The highest BCUT2D eigenvalue weighted by Crippen LogP contribution is 2.29. The number of carboxylic acids is 1. The molecule has 2 aromatic rings. The highest BCUT2D eigenvalue weighted by molar-refractivity contribution is 9.10. The van der Waals surface area contributed by atoms with Crippen LogP contribution in [-0.4, -0.2) is 32.1 Å². The summed E-state index contributed by atoms with van der Waals surface area (Å²) >= 11 is 26.3. The molecule has 0 aromatic heterocycles. The van der Waals surface area contributed by atoms with Crippen molar-refractivity contribution < 1.29 is 14.7 Å². The number of amides is 1. The zero-order valence-corrected chi connectivity index (χ0v) is 18.6. The largest absolute Gasteiger partial charge is 0.478 e. The molecule has 1 atom stereocenters. The topological polar surface area (TPSA) is 90.5 Å². The zero-order valence-electron chi connectivity index (χ0n) is 13.9. The molecule has 0 fully saturated rings. The van der Waals surface area contributed by atoms with E-state index < -0.39 is 21.8 Å². The Kier molecular flexibility index (Phi) is 7.91. The van der Waals surface area contributed by atoms with Crippen LogP contribution in [0.2, 0.25) is 0 Å². The fourth-order valence-corrected chi connectivity index (χ4v) is 3.00. The van der Waals surface area contributed by atoms with E-state index in [1.807, 2.05) is 0 Å². The predicted octanol–water partition coefficient (Wildman–Crippen LogP) is 4.56. The SMILES string of the molecule is O=C(O)c1ccc(NC(=S)N[C@H](NC(=O)c2cccc(Br)c2)C(Cl)(Cl)Cl)cc1. The summed E-state index contributed by atoms with van der Waals surface area (Å²) in [6.45, 7) is 0. The Morgan fingerprint density at radius 3 is 2.21 bits per heavy atom. The number of rotatable bonds is 5. The van der Waals surface area contributed by atoms with E-state index in [1.165, 1.54) is 24.3 Å². The number of hydrogen-bond acceptors (Lipinski definition) is 3. The minimum Gasteiger partial charge on any atom is -0.478 e. The summed E-state index contributed by atoms with van der Waals surface area (Å²) in [5.74, 6) is -1.52. The summed E-state index contributed by atoms with van der Waals surface area (Å²) in [6.07, 6.45) is -1.14. The Morgan fingerprint density at radius 1 is 1.04 bits per heavy atom. The number of hydrogen-bond donors (Lipinski definition) is 4. The van der Waals surface area contributed by atoms with E-state index in [1.54, 1.807) is 24.3 Å². The quantitative estimate of drug-likeness (QED) is 0.260. The van der Waals surface area contributed by atoms with Crippen LogP contribution in [0.4, 0.5) is 5.69 Å². The van der Waals surface area contributed by atoms with Gasteiger partial charge in [0.05, 0.1) is 5.56 Å². The molecule has 2 rings (SSSR count). The van der Waals surface area contributed by atoms with Crippen LogP contribution in [0.3, 0.4) is 0 Å². The summed E-state index contributed by atoms with van der Waals surface area (Å²) < 4.78 is -1.18. The molecule has 1 amide bonds. The summed E-state index contributed by atoms with van der Waals surface area (Å²) in [5.41, 5.74) is 1.01. The van der Waals surface area contributed by atoms with Crippen molar-refractivity contribution in [1.82, 2.24) is 10.6 Å². The highest BCUT2D eigenvalue weighted by Gasteiger charge is 2.35. The summed E-state index contributed by atoms with van der Waals surface area (Å²) in [4.78, 5) is 23.3. The van der Waals surface area contributed by atoms with Crippen LogP contribution in [0.1, 0.15) is 20.7 Å². The lowest BCUT2D eigenvalue weighted by Crippen LogP contribution is -2.56. The first-order valence-corrected chi connectivity index (χ1v) is 9.94. The minimum atomic E-state index is -1.90. The number of nitrogens with one attached hydrogen (secondary N) is 3. The number of halogens is 4. The molecule has 148 valence electrons. The molecule has 0 aliphatic rings. The third kappa shape index (κ3) is 6.79. The molecule has 0 unspecified atom stereocenters. The van der Waals surface area contributed by atoms with Gasteiger partial charge in [0.15, 0.2) is 5.11 Å². The normalized spacial score (nSPS) is 12.0. The van der Waals surface area contributed by atoms with Crippen molar-refractivity contribution in [3.8, 4) is 0 Å². The second kappa shape index (κ2) is 9.76. The van der Waals surface area contributed by atoms with Gasteiger partial charge in [0.2, 0.25) is 3.79 Å². The van der Waals surface area contributed by atoms with Crippen LogP contribution >= 0.6 is 63.0 Å². The molecule has 0 spiro atoms. The van der Waals surface area contributed by atoms with Crippen molar-refractivity contribution >= 4 is 85.6 Å². The van der Waals surface area contributed by atoms with E-state index in [0.717, 1.165) is 4.47 Å². The third-order valence-electron chi connectivity index (χ3n) is 3.35. The second-order valence-corrected chi connectivity index (χ2v) is 9.13. The monoisotopic (exact) mass is 523 g/mol. The lowest BCUT2D eigenvalue weighted by atomic mass is 10.2. The van der Waals surface area contributed by atoms with Crippen molar-refractivity contribution in [3.05, 3.63) is 64.1 Å². The lowest BCUT2D eigenvalue weighted by Gasteiger charge is -2.27. The van der Waals surface area contributed by atoms with E-state index in [2.05, 4.69) is 31.9 Å². The predicted molar refractivity (Wildman–Crippen MR) is 118 cm³/mol. The van der Waals surface area contributed by atoms with Crippen LogP contribution < -0.4 is 16.0 Å². The van der Waals surface area contributed by atoms with Crippen molar-refractivity contribution in [1.29, 1.82) is 0 Å². The molecular weight excluding hydrogens is 513 g/mol. The first-order chi connectivity index (χ1) is 13.1. The zero-order chi connectivity index (χ0) is 20.9. The molecule has 11 heteroatoms. The van der Waals surface area contributed by atoms with Gasteiger partial charge in [-0.15, -0.1) is 0 Å². The van der Waals surface area contributed by atoms with Gasteiger partial charge in [0, 0.05) is 15.7 Å². The second-order valence-electron chi connectivity index (χ2n) is 5.44. The first kappa shape index (κ1) is 22.7. The maximum atomic E-state index is 12.4. The van der Waals surface area contributed by atoms with Crippen LogP contribution in [0.15, 0.2) is 53.0 Å². The van der Waals surface area contributed by atoms with E-state index in [-0.39, 0.29) is 10.7 Å². The molecule has 0 heterocycles. The molecule has 4 N–H and O–H groups in total. The van der Waals surface area contributed by atoms with Crippen molar-refractivity contribution in [3.63, 3.8) is 0 Å². The molecule has 0 bridgehead atoms. The number of aromatic carboxylic acids is 1. The minimum absolute atomic E-state index is 0.0638. The van der Waals surface area contributed by atoms with Gasteiger partial charge >= 0.3 is 5.97 Å². The number of thiocarbonyl (C=S) groups is 1.